The Kier molecular flexibility index (Phi) is 3.12. The van der Waals surface area contributed by atoms with Crippen molar-refractivity contribution >= 4 is 11.0 Å². The lowest BCUT2D eigenvalue weighted by molar-refractivity contribution is 0.397. The number of nitrogens with zero attached hydrogens (tertiary/aromatic N) is 2. The molecular formula is C26H28N2. The van der Waals surface area contributed by atoms with Gasteiger partial charge < -0.3 is 0 Å². The van der Waals surface area contributed by atoms with E-state index in [1.165, 1.54) is 48.2 Å². The van der Waals surface area contributed by atoms with Gasteiger partial charge in [-0.2, -0.15) is 0 Å². The molecule has 28 heavy (non-hydrogen) atoms. The van der Waals surface area contributed by atoms with Crippen molar-refractivity contribution < 1.29 is 0 Å². The summed E-state index contributed by atoms with van der Waals surface area (Å²) in [6, 6.07) is 13.8. The summed E-state index contributed by atoms with van der Waals surface area (Å²) in [4.78, 5) is 10.6. The highest BCUT2D eigenvalue weighted by Crippen LogP contribution is 2.84. The molecule has 0 amide bonds. The molecule has 4 unspecified atom stereocenters. The van der Waals surface area contributed by atoms with Crippen LogP contribution in [0.1, 0.15) is 79.1 Å². The normalized spacial score (nSPS) is 31.0. The van der Waals surface area contributed by atoms with Crippen molar-refractivity contribution in [3.8, 4) is 0 Å². The highest BCUT2D eigenvalue weighted by Gasteiger charge is 2.82. The summed E-state index contributed by atoms with van der Waals surface area (Å²) in [6.45, 7) is 9.03. The molecule has 1 saturated carbocycles. The van der Waals surface area contributed by atoms with Gasteiger partial charge in [-0.25, -0.2) is 9.97 Å². The Labute approximate surface area is 167 Å². The topological polar surface area (TPSA) is 25.8 Å². The van der Waals surface area contributed by atoms with Crippen molar-refractivity contribution in [2.45, 2.75) is 70.1 Å². The monoisotopic (exact) mass is 368 g/mol. The predicted octanol–water partition coefficient (Wildman–Crippen LogP) is 6.11. The van der Waals surface area contributed by atoms with Gasteiger partial charge in [-0.05, 0) is 67.0 Å². The van der Waals surface area contributed by atoms with Gasteiger partial charge in [-0.3, -0.25) is 0 Å². The molecule has 6 rings (SSSR count). The van der Waals surface area contributed by atoms with Gasteiger partial charge in [0.05, 0.1) is 22.4 Å². The third-order valence-electron chi connectivity index (χ3n) is 8.11. The minimum Gasteiger partial charge on any atom is -0.249 e. The molecule has 3 aliphatic rings. The van der Waals surface area contributed by atoms with E-state index in [0.717, 1.165) is 11.0 Å². The zero-order valence-corrected chi connectivity index (χ0v) is 17.3. The zero-order valence-electron chi connectivity index (χ0n) is 17.3. The lowest BCUT2D eigenvalue weighted by Crippen LogP contribution is -2.29. The van der Waals surface area contributed by atoms with Gasteiger partial charge in [-0.1, -0.05) is 51.0 Å². The maximum atomic E-state index is 5.34. The van der Waals surface area contributed by atoms with Crippen molar-refractivity contribution in [3.05, 3.63) is 70.0 Å². The summed E-state index contributed by atoms with van der Waals surface area (Å²) in [5.74, 6) is 1.24. The van der Waals surface area contributed by atoms with Gasteiger partial charge in [0.15, 0.2) is 0 Å². The van der Waals surface area contributed by atoms with E-state index in [-0.39, 0.29) is 5.41 Å². The highest BCUT2D eigenvalue weighted by molar-refractivity contribution is 5.80. The smallest absolute Gasteiger partial charge is 0.0893 e. The molecular weight excluding hydrogens is 340 g/mol. The number of hydrogen-bond donors (Lipinski definition) is 0. The summed E-state index contributed by atoms with van der Waals surface area (Å²) in [6.07, 6.45) is 4.88. The number of fused-ring (bicyclic) bond motifs is 8. The van der Waals surface area contributed by atoms with E-state index >= 15 is 0 Å². The number of benzene rings is 2. The number of aromatic nitrogens is 2. The van der Waals surface area contributed by atoms with Gasteiger partial charge in [0.2, 0.25) is 0 Å². The fraction of sp³-hybridized carbons (Fsp3) is 0.462. The average Bonchev–Trinajstić information content (AvgIpc) is 3.20. The van der Waals surface area contributed by atoms with Crippen molar-refractivity contribution in [2.24, 2.45) is 5.92 Å². The quantitative estimate of drug-likeness (QED) is 0.555. The Balaban J connectivity index is 1.69. The Morgan fingerprint density at radius 1 is 0.857 bits per heavy atom. The van der Waals surface area contributed by atoms with E-state index < -0.39 is 0 Å². The van der Waals surface area contributed by atoms with Crippen LogP contribution in [0.4, 0.5) is 0 Å². The number of rotatable bonds is 4. The Morgan fingerprint density at radius 3 is 2.18 bits per heavy atom. The predicted molar refractivity (Wildman–Crippen MR) is 114 cm³/mol. The van der Waals surface area contributed by atoms with Crippen LogP contribution < -0.4 is 0 Å². The molecule has 3 aromatic rings. The largest absolute Gasteiger partial charge is 0.249 e. The molecule has 0 radical (unpaired) electrons. The molecule has 2 nitrogen and oxygen atoms in total. The molecule has 0 bridgehead atoms. The molecule has 2 aromatic carbocycles. The molecule has 1 heterocycles. The Hall–Kier alpha value is -2.22. The van der Waals surface area contributed by atoms with Crippen LogP contribution in [0.5, 0.6) is 0 Å². The van der Waals surface area contributed by atoms with Crippen LogP contribution in [0, 0.1) is 19.8 Å². The Morgan fingerprint density at radius 2 is 1.50 bits per heavy atom. The average molecular weight is 369 g/mol. The molecule has 0 spiro atoms. The highest BCUT2D eigenvalue weighted by atomic mass is 15.0. The first-order chi connectivity index (χ1) is 13.6. The van der Waals surface area contributed by atoms with Crippen LogP contribution in [0.3, 0.4) is 0 Å². The van der Waals surface area contributed by atoms with Crippen LogP contribution >= 0.6 is 0 Å². The number of aryl methyl sites for hydroxylation is 2. The van der Waals surface area contributed by atoms with Gasteiger partial charge in [0.1, 0.15) is 0 Å². The van der Waals surface area contributed by atoms with E-state index in [4.69, 9.17) is 9.97 Å². The molecule has 0 N–H and O–H groups in total. The molecule has 2 heteroatoms. The van der Waals surface area contributed by atoms with Crippen molar-refractivity contribution in [1.29, 1.82) is 0 Å². The van der Waals surface area contributed by atoms with Gasteiger partial charge in [0.25, 0.3) is 0 Å². The summed E-state index contributed by atoms with van der Waals surface area (Å²) in [5, 5.41) is 0. The maximum Gasteiger partial charge on any atom is 0.0893 e. The minimum atomic E-state index is 0.0838. The van der Waals surface area contributed by atoms with Crippen LogP contribution in [0.2, 0.25) is 0 Å². The van der Waals surface area contributed by atoms with E-state index in [2.05, 4.69) is 64.1 Å². The minimum absolute atomic E-state index is 0.0838. The van der Waals surface area contributed by atoms with E-state index in [1.807, 2.05) is 0 Å². The van der Waals surface area contributed by atoms with Crippen molar-refractivity contribution in [2.75, 3.05) is 0 Å². The molecule has 0 aliphatic heterocycles. The van der Waals surface area contributed by atoms with E-state index in [9.17, 15) is 0 Å². The van der Waals surface area contributed by atoms with Crippen molar-refractivity contribution in [3.63, 3.8) is 0 Å². The summed E-state index contributed by atoms with van der Waals surface area (Å²) < 4.78 is 0. The third kappa shape index (κ3) is 1.64. The summed E-state index contributed by atoms with van der Waals surface area (Å²) in [5.41, 5.74) is 11.0. The van der Waals surface area contributed by atoms with Gasteiger partial charge in [0, 0.05) is 16.7 Å². The standard InChI is InChI=1S/C26H28N2/c1-5-11-25-17-9-7-8-10-18(17)26(12-6-2)23(25)21(25)22-24(26)28-20-14-16(4)15(3)13-19(20)27-22/h7-10,13-14,21,23H,5-6,11-12H2,1-4H3. The lowest BCUT2D eigenvalue weighted by atomic mass is 9.74. The molecule has 1 aromatic heterocycles. The van der Waals surface area contributed by atoms with Gasteiger partial charge >= 0.3 is 0 Å². The molecule has 3 aliphatic carbocycles. The Bertz CT molecular complexity index is 1150. The molecule has 0 saturated heterocycles. The first-order valence-electron chi connectivity index (χ1n) is 11.0. The summed E-state index contributed by atoms with van der Waals surface area (Å²) >= 11 is 0. The second-order valence-corrected chi connectivity index (χ2v) is 9.40. The second kappa shape index (κ2) is 5.23. The first kappa shape index (κ1) is 16.7. The lowest BCUT2D eigenvalue weighted by Gasteiger charge is -2.30. The second-order valence-electron chi connectivity index (χ2n) is 9.40. The maximum absolute atomic E-state index is 5.34. The van der Waals surface area contributed by atoms with Crippen LogP contribution in [0.25, 0.3) is 11.0 Å². The van der Waals surface area contributed by atoms with E-state index in [0.29, 0.717) is 17.3 Å². The van der Waals surface area contributed by atoms with E-state index in [1.54, 1.807) is 11.1 Å². The van der Waals surface area contributed by atoms with Crippen LogP contribution in [-0.2, 0) is 10.8 Å². The molecule has 1 fully saturated rings. The molecule has 4 atom stereocenters. The zero-order chi connectivity index (χ0) is 19.3. The number of hydrogen-bond acceptors (Lipinski definition) is 2. The fourth-order valence-electron chi connectivity index (χ4n) is 7.15. The van der Waals surface area contributed by atoms with Crippen molar-refractivity contribution in [1.82, 2.24) is 9.97 Å². The SMILES string of the molecule is CCCC12c3ccccc3C3(CCC)C(c4nc5cc(C)c(C)cc5nc41)C23. The van der Waals surface area contributed by atoms with Crippen LogP contribution in [0.15, 0.2) is 36.4 Å². The van der Waals surface area contributed by atoms with Gasteiger partial charge in [-0.15, -0.1) is 0 Å². The third-order valence-corrected chi connectivity index (χ3v) is 8.11. The molecule has 142 valence electrons. The summed E-state index contributed by atoms with van der Waals surface area (Å²) in [7, 11) is 0. The van der Waals surface area contributed by atoms with Crippen LogP contribution in [-0.4, -0.2) is 9.97 Å². The fourth-order valence-corrected chi connectivity index (χ4v) is 7.15. The first-order valence-corrected chi connectivity index (χ1v) is 11.0.